The van der Waals surface area contributed by atoms with E-state index in [4.69, 9.17) is 4.74 Å². The van der Waals surface area contributed by atoms with Crippen molar-refractivity contribution in [2.75, 3.05) is 38.2 Å². The van der Waals surface area contributed by atoms with Crippen LogP contribution in [0.15, 0.2) is 0 Å². The third-order valence-electron chi connectivity index (χ3n) is 1.84. The van der Waals surface area contributed by atoms with E-state index >= 15 is 0 Å². The Hall–Kier alpha value is 0.400. The van der Waals surface area contributed by atoms with Crippen LogP contribution in [-0.2, 0) is 4.74 Å². The molecule has 3 heteroatoms. The largest absolute Gasteiger partial charge is 0.380 e. The molecule has 0 saturated carbocycles. The fraction of sp³-hybridized carbons (Fsp3) is 1.00. The zero-order valence-corrected chi connectivity index (χ0v) is 10.5. The predicted octanol–water partition coefficient (Wildman–Crippen LogP) is 2.52. The van der Waals surface area contributed by atoms with Crippen LogP contribution in [0.5, 0.6) is 0 Å². The summed E-state index contributed by atoms with van der Waals surface area (Å²) in [6.45, 7) is 9.51. The normalized spacial score (nSPS) is 11.1. The van der Waals surface area contributed by atoms with E-state index in [0.29, 0.717) is 0 Å². The highest BCUT2D eigenvalue weighted by Gasteiger charge is 2.01. The summed E-state index contributed by atoms with van der Waals surface area (Å²) in [6.07, 6.45) is 2.34. The van der Waals surface area contributed by atoms with Crippen LogP contribution in [0.2, 0.25) is 0 Å². The van der Waals surface area contributed by atoms with Gasteiger partial charge in [0.05, 0.1) is 6.61 Å². The molecule has 0 rings (SSSR count). The maximum atomic E-state index is 5.45. The standard InChI is InChI=1S/C10H22BrNO/c1-3-6-12(7-5-11)8-10-13-9-4-2/h3-10H2,1-2H3. The van der Waals surface area contributed by atoms with Crippen molar-refractivity contribution in [3.8, 4) is 0 Å². The van der Waals surface area contributed by atoms with Gasteiger partial charge < -0.3 is 9.64 Å². The third-order valence-corrected chi connectivity index (χ3v) is 2.20. The van der Waals surface area contributed by atoms with Crippen LogP contribution in [0.1, 0.15) is 26.7 Å². The summed E-state index contributed by atoms with van der Waals surface area (Å²) in [7, 11) is 0. The quantitative estimate of drug-likeness (QED) is 0.462. The van der Waals surface area contributed by atoms with E-state index in [9.17, 15) is 0 Å². The lowest BCUT2D eigenvalue weighted by Gasteiger charge is -2.20. The average molecular weight is 252 g/mol. The molecule has 0 unspecified atom stereocenters. The number of hydrogen-bond donors (Lipinski definition) is 0. The van der Waals surface area contributed by atoms with Crippen LogP contribution in [0.4, 0.5) is 0 Å². The Morgan fingerprint density at radius 2 is 1.77 bits per heavy atom. The van der Waals surface area contributed by atoms with Gasteiger partial charge in [-0.1, -0.05) is 29.8 Å². The minimum absolute atomic E-state index is 0.876. The lowest BCUT2D eigenvalue weighted by molar-refractivity contribution is 0.106. The van der Waals surface area contributed by atoms with Gasteiger partial charge in [0.1, 0.15) is 0 Å². The number of alkyl halides is 1. The van der Waals surface area contributed by atoms with Gasteiger partial charge in [0.2, 0.25) is 0 Å². The zero-order valence-electron chi connectivity index (χ0n) is 8.89. The van der Waals surface area contributed by atoms with Gasteiger partial charge in [-0.3, -0.25) is 0 Å². The van der Waals surface area contributed by atoms with Gasteiger partial charge in [0, 0.05) is 25.0 Å². The number of nitrogens with zero attached hydrogens (tertiary/aromatic N) is 1. The summed E-state index contributed by atoms with van der Waals surface area (Å²) in [5.41, 5.74) is 0. The predicted molar refractivity (Wildman–Crippen MR) is 61.6 cm³/mol. The van der Waals surface area contributed by atoms with E-state index in [-0.39, 0.29) is 0 Å². The summed E-state index contributed by atoms with van der Waals surface area (Å²) >= 11 is 3.46. The number of rotatable bonds is 9. The SMILES string of the molecule is CCCOCCN(CCC)CCBr. The Kier molecular flexibility index (Phi) is 10.8. The monoisotopic (exact) mass is 251 g/mol. The highest BCUT2D eigenvalue weighted by atomic mass is 79.9. The van der Waals surface area contributed by atoms with Crippen molar-refractivity contribution in [3.05, 3.63) is 0 Å². The van der Waals surface area contributed by atoms with Gasteiger partial charge in [-0.05, 0) is 19.4 Å². The molecule has 0 amide bonds. The van der Waals surface area contributed by atoms with E-state index < -0.39 is 0 Å². The summed E-state index contributed by atoms with van der Waals surface area (Å²) in [6, 6.07) is 0. The maximum absolute atomic E-state index is 5.45. The van der Waals surface area contributed by atoms with E-state index in [0.717, 1.165) is 38.1 Å². The average Bonchev–Trinajstić information content (AvgIpc) is 2.13. The molecule has 0 heterocycles. The van der Waals surface area contributed by atoms with Gasteiger partial charge >= 0.3 is 0 Å². The van der Waals surface area contributed by atoms with Gasteiger partial charge in [-0.15, -0.1) is 0 Å². The minimum atomic E-state index is 0.876. The van der Waals surface area contributed by atoms with Crippen molar-refractivity contribution < 1.29 is 4.74 Å². The van der Waals surface area contributed by atoms with Crippen molar-refractivity contribution in [2.24, 2.45) is 0 Å². The van der Waals surface area contributed by atoms with Crippen molar-refractivity contribution >= 4 is 15.9 Å². The van der Waals surface area contributed by atoms with Gasteiger partial charge in [-0.25, -0.2) is 0 Å². The first-order chi connectivity index (χ1) is 6.35. The molecule has 0 aromatic carbocycles. The molecule has 0 fully saturated rings. The zero-order chi connectivity index (χ0) is 9.94. The Morgan fingerprint density at radius 3 is 2.31 bits per heavy atom. The molecule has 80 valence electrons. The van der Waals surface area contributed by atoms with Gasteiger partial charge in [0.15, 0.2) is 0 Å². The van der Waals surface area contributed by atoms with Crippen molar-refractivity contribution in [2.45, 2.75) is 26.7 Å². The summed E-state index contributed by atoms with van der Waals surface area (Å²) in [5, 5.41) is 1.06. The topological polar surface area (TPSA) is 12.5 Å². The number of halogens is 1. The number of hydrogen-bond acceptors (Lipinski definition) is 2. The molecule has 0 aromatic heterocycles. The first-order valence-corrected chi connectivity index (χ1v) is 6.33. The molecule has 2 nitrogen and oxygen atoms in total. The van der Waals surface area contributed by atoms with Crippen LogP contribution in [0, 0.1) is 0 Å². The Bertz CT molecular complexity index is 94.9. The van der Waals surface area contributed by atoms with E-state index in [1.165, 1.54) is 13.0 Å². The number of ether oxygens (including phenoxy) is 1. The van der Waals surface area contributed by atoms with Gasteiger partial charge in [0.25, 0.3) is 0 Å². The molecule has 0 saturated heterocycles. The van der Waals surface area contributed by atoms with Crippen LogP contribution in [0.25, 0.3) is 0 Å². The summed E-state index contributed by atoms with van der Waals surface area (Å²) in [5.74, 6) is 0. The molecule has 0 radical (unpaired) electrons. The van der Waals surface area contributed by atoms with E-state index in [1.807, 2.05) is 0 Å². The van der Waals surface area contributed by atoms with Crippen LogP contribution in [0.3, 0.4) is 0 Å². The molecule has 0 aliphatic carbocycles. The molecule has 0 aliphatic heterocycles. The van der Waals surface area contributed by atoms with E-state index in [1.54, 1.807) is 0 Å². The Labute approximate surface area is 90.8 Å². The van der Waals surface area contributed by atoms with Crippen molar-refractivity contribution in [3.63, 3.8) is 0 Å². The molecular weight excluding hydrogens is 230 g/mol. The summed E-state index contributed by atoms with van der Waals surface area (Å²) < 4.78 is 5.45. The molecule has 0 N–H and O–H groups in total. The second kappa shape index (κ2) is 10.5. The Morgan fingerprint density at radius 1 is 1.00 bits per heavy atom. The smallest absolute Gasteiger partial charge is 0.0593 e. The van der Waals surface area contributed by atoms with Crippen molar-refractivity contribution in [1.29, 1.82) is 0 Å². The lowest BCUT2D eigenvalue weighted by atomic mass is 10.4. The maximum Gasteiger partial charge on any atom is 0.0593 e. The first kappa shape index (κ1) is 13.4. The second-order valence-corrected chi connectivity index (χ2v) is 3.94. The van der Waals surface area contributed by atoms with Crippen molar-refractivity contribution in [1.82, 2.24) is 4.90 Å². The van der Waals surface area contributed by atoms with Crippen LogP contribution >= 0.6 is 15.9 Å². The highest BCUT2D eigenvalue weighted by molar-refractivity contribution is 9.09. The fourth-order valence-electron chi connectivity index (χ4n) is 1.21. The molecule has 0 aromatic rings. The molecule has 0 spiro atoms. The third kappa shape index (κ3) is 8.72. The van der Waals surface area contributed by atoms with Crippen LogP contribution in [-0.4, -0.2) is 43.1 Å². The molecule has 0 atom stereocenters. The lowest BCUT2D eigenvalue weighted by Crippen LogP contribution is -2.30. The fourth-order valence-corrected chi connectivity index (χ4v) is 1.71. The second-order valence-electron chi connectivity index (χ2n) is 3.14. The first-order valence-electron chi connectivity index (χ1n) is 5.21. The highest BCUT2D eigenvalue weighted by Crippen LogP contribution is 1.94. The Balaban J connectivity index is 3.33. The molecular formula is C10H22BrNO. The van der Waals surface area contributed by atoms with Gasteiger partial charge in [-0.2, -0.15) is 0 Å². The minimum Gasteiger partial charge on any atom is -0.380 e. The molecule has 0 bridgehead atoms. The van der Waals surface area contributed by atoms with E-state index in [2.05, 4.69) is 34.7 Å². The summed E-state index contributed by atoms with van der Waals surface area (Å²) in [4.78, 5) is 2.43. The van der Waals surface area contributed by atoms with Crippen LogP contribution < -0.4 is 0 Å². The molecule has 0 aliphatic rings. The molecule has 13 heavy (non-hydrogen) atoms.